The van der Waals surface area contributed by atoms with Crippen LogP contribution >= 0.6 is 0 Å². The van der Waals surface area contributed by atoms with Crippen molar-refractivity contribution in [2.24, 2.45) is 0 Å². The molecule has 3 aromatic heterocycles. The van der Waals surface area contributed by atoms with Gasteiger partial charge >= 0.3 is 0 Å². The minimum Gasteiger partial charge on any atom is -0.389 e. The topological polar surface area (TPSA) is 95.5 Å². The number of likely N-dealkylation sites (tertiary alicyclic amines) is 1. The molecule has 1 aliphatic rings. The zero-order valence-electron chi connectivity index (χ0n) is 22.7. The van der Waals surface area contributed by atoms with Gasteiger partial charge in [-0.2, -0.15) is 5.10 Å². The van der Waals surface area contributed by atoms with Gasteiger partial charge in [0.2, 0.25) is 0 Å². The zero-order chi connectivity index (χ0) is 27.5. The van der Waals surface area contributed by atoms with Crippen molar-refractivity contribution in [3.8, 4) is 5.69 Å². The maximum Gasteiger partial charge on any atom is 0.145 e. The quantitative estimate of drug-likeness (QED) is 0.296. The Bertz CT molecular complexity index is 1540. The molecule has 0 saturated carbocycles. The Morgan fingerprint density at radius 1 is 0.975 bits per heavy atom. The Kier molecular flexibility index (Phi) is 7.34. The molecule has 0 aliphatic carbocycles. The normalized spacial score (nSPS) is 19.7. The predicted octanol–water partition coefficient (Wildman–Crippen LogP) is 3.64. The summed E-state index contributed by atoms with van der Waals surface area (Å²) >= 11 is 0. The molecule has 0 amide bonds. The van der Waals surface area contributed by atoms with Gasteiger partial charge in [0.15, 0.2) is 0 Å². The van der Waals surface area contributed by atoms with Gasteiger partial charge in [0.1, 0.15) is 23.4 Å². The first-order valence-electron chi connectivity index (χ1n) is 13.8. The summed E-state index contributed by atoms with van der Waals surface area (Å²) in [6.07, 6.45) is 6.85. The lowest BCUT2D eigenvalue weighted by Gasteiger charge is -2.42. The molecule has 9 nitrogen and oxygen atoms in total. The first-order valence-corrected chi connectivity index (χ1v) is 13.8. The van der Waals surface area contributed by atoms with Gasteiger partial charge in [-0.3, -0.25) is 4.90 Å². The van der Waals surface area contributed by atoms with E-state index in [4.69, 9.17) is 0 Å². The Labute approximate surface area is 234 Å². The lowest BCUT2D eigenvalue weighted by Crippen LogP contribution is -2.57. The first-order chi connectivity index (χ1) is 19.5. The average Bonchev–Trinajstić information content (AvgIpc) is 3.66. The molecule has 40 heavy (non-hydrogen) atoms. The second kappa shape index (κ2) is 11.2. The molecule has 5 aromatic rings. The number of anilines is 1. The second-order valence-corrected chi connectivity index (χ2v) is 10.6. The summed E-state index contributed by atoms with van der Waals surface area (Å²) in [4.78, 5) is 13.6. The van der Waals surface area contributed by atoms with Gasteiger partial charge in [-0.15, -0.1) is 0 Å². The van der Waals surface area contributed by atoms with E-state index >= 15 is 0 Å². The van der Waals surface area contributed by atoms with E-state index < -0.39 is 11.7 Å². The van der Waals surface area contributed by atoms with Crippen LogP contribution in [0, 0.1) is 0 Å². The summed E-state index contributed by atoms with van der Waals surface area (Å²) in [6, 6.07) is 22.5. The lowest BCUT2D eigenvalue weighted by molar-refractivity contribution is -0.128. The Morgan fingerprint density at radius 3 is 2.52 bits per heavy atom. The SMILES string of the molecule is CCN(Cc1ccc(-n2cccn2)cc1)c1ncnc2c1ccn2C[C@@]1(O)CCN(Cc2ccccc2)C[C@@H]1O. The van der Waals surface area contributed by atoms with E-state index in [-0.39, 0.29) is 6.54 Å². The van der Waals surface area contributed by atoms with Crippen LogP contribution in [0.15, 0.2) is 91.6 Å². The van der Waals surface area contributed by atoms with Crippen molar-refractivity contribution >= 4 is 16.9 Å². The molecule has 2 N–H and O–H groups in total. The van der Waals surface area contributed by atoms with E-state index in [0.29, 0.717) is 26.1 Å². The number of hydrogen-bond donors (Lipinski definition) is 2. The number of aliphatic hydroxyl groups excluding tert-OH is 1. The largest absolute Gasteiger partial charge is 0.389 e. The van der Waals surface area contributed by atoms with E-state index in [1.165, 1.54) is 11.1 Å². The van der Waals surface area contributed by atoms with Crippen LogP contribution in [0.1, 0.15) is 24.5 Å². The lowest BCUT2D eigenvalue weighted by atomic mass is 9.88. The van der Waals surface area contributed by atoms with Crippen LogP contribution in [0.2, 0.25) is 0 Å². The summed E-state index contributed by atoms with van der Waals surface area (Å²) in [5, 5.41) is 27.8. The molecule has 0 bridgehead atoms. The van der Waals surface area contributed by atoms with Crippen LogP contribution < -0.4 is 4.90 Å². The van der Waals surface area contributed by atoms with E-state index in [1.54, 1.807) is 12.5 Å². The van der Waals surface area contributed by atoms with Gasteiger partial charge < -0.3 is 19.7 Å². The second-order valence-electron chi connectivity index (χ2n) is 10.6. The third-order valence-electron chi connectivity index (χ3n) is 7.90. The molecule has 4 heterocycles. The van der Waals surface area contributed by atoms with Gasteiger partial charge in [-0.05, 0) is 48.7 Å². The Morgan fingerprint density at radius 2 is 1.80 bits per heavy atom. The number of piperidine rings is 1. The number of aliphatic hydroxyl groups is 2. The van der Waals surface area contributed by atoms with Crippen LogP contribution in [-0.2, 0) is 19.6 Å². The number of rotatable bonds is 9. The van der Waals surface area contributed by atoms with Crippen molar-refractivity contribution in [2.75, 3.05) is 24.5 Å². The molecule has 2 atom stereocenters. The van der Waals surface area contributed by atoms with Crippen LogP contribution in [0.4, 0.5) is 5.82 Å². The average molecular weight is 538 g/mol. The predicted molar refractivity (Wildman–Crippen MR) is 155 cm³/mol. The summed E-state index contributed by atoms with van der Waals surface area (Å²) in [5.41, 5.74) is 2.92. The maximum absolute atomic E-state index is 11.5. The molecular formula is C31H35N7O2. The highest BCUT2D eigenvalue weighted by molar-refractivity contribution is 5.87. The third kappa shape index (κ3) is 5.36. The fourth-order valence-corrected chi connectivity index (χ4v) is 5.59. The van der Waals surface area contributed by atoms with Gasteiger partial charge in [0.05, 0.1) is 23.7 Å². The van der Waals surface area contributed by atoms with Crippen molar-refractivity contribution in [3.05, 3.63) is 103 Å². The van der Waals surface area contributed by atoms with E-state index in [2.05, 4.69) is 68.2 Å². The highest BCUT2D eigenvalue weighted by Crippen LogP contribution is 2.30. The number of hydrogen-bond acceptors (Lipinski definition) is 7. The standard InChI is InChI=1S/C31H35N7O2/c1-2-36(20-25-9-11-26(12-10-25)38-16-6-15-34-38)29-27-13-17-37(30(27)33-23-32-29)22-31(40)14-18-35(21-28(31)39)19-24-7-4-3-5-8-24/h3-13,15-17,23,28,39-40H,2,14,18-22H2,1H3/t28-,31-/m0/s1. The molecule has 206 valence electrons. The molecule has 9 heteroatoms. The molecule has 1 fully saturated rings. The zero-order valence-corrected chi connectivity index (χ0v) is 22.7. The smallest absolute Gasteiger partial charge is 0.145 e. The Balaban J connectivity index is 1.17. The van der Waals surface area contributed by atoms with Crippen LogP contribution in [0.25, 0.3) is 16.7 Å². The fraction of sp³-hybridized carbons (Fsp3) is 0.323. The summed E-state index contributed by atoms with van der Waals surface area (Å²) in [7, 11) is 0. The number of fused-ring (bicyclic) bond motifs is 1. The van der Waals surface area contributed by atoms with E-state index in [1.807, 2.05) is 52.0 Å². The Hall–Kier alpha value is -4.05. The van der Waals surface area contributed by atoms with Gasteiger partial charge in [0.25, 0.3) is 0 Å². The monoisotopic (exact) mass is 537 g/mol. The minimum atomic E-state index is -1.23. The molecule has 6 rings (SSSR count). The molecule has 1 aliphatic heterocycles. The maximum atomic E-state index is 11.5. The number of benzene rings is 2. The first kappa shape index (κ1) is 26.2. The molecule has 0 radical (unpaired) electrons. The molecule has 0 spiro atoms. The van der Waals surface area contributed by atoms with Crippen molar-refractivity contribution in [2.45, 2.75) is 44.7 Å². The molecule has 0 unspecified atom stereocenters. The third-order valence-corrected chi connectivity index (χ3v) is 7.90. The van der Waals surface area contributed by atoms with Crippen molar-refractivity contribution < 1.29 is 10.2 Å². The molecular weight excluding hydrogens is 502 g/mol. The number of β-amino-alcohol motifs (C(OH)–C–C–N with tert-alkyl or cyclic N) is 1. The summed E-state index contributed by atoms with van der Waals surface area (Å²) in [5.74, 6) is 0.854. The summed E-state index contributed by atoms with van der Waals surface area (Å²) in [6.45, 7) is 5.76. The van der Waals surface area contributed by atoms with Crippen molar-refractivity contribution in [1.29, 1.82) is 0 Å². The van der Waals surface area contributed by atoms with Crippen LogP contribution in [-0.4, -0.2) is 70.8 Å². The van der Waals surface area contributed by atoms with Crippen LogP contribution in [0.5, 0.6) is 0 Å². The minimum absolute atomic E-state index is 0.272. The van der Waals surface area contributed by atoms with Gasteiger partial charge in [0, 0.05) is 51.3 Å². The summed E-state index contributed by atoms with van der Waals surface area (Å²) < 4.78 is 3.79. The number of nitrogens with zero attached hydrogens (tertiary/aromatic N) is 7. The van der Waals surface area contributed by atoms with E-state index in [0.717, 1.165) is 35.6 Å². The highest BCUT2D eigenvalue weighted by atomic mass is 16.3. The number of aromatic nitrogens is 5. The highest BCUT2D eigenvalue weighted by Gasteiger charge is 2.41. The fourth-order valence-electron chi connectivity index (χ4n) is 5.59. The molecule has 1 saturated heterocycles. The van der Waals surface area contributed by atoms with E-state index in [9.17, 15) is 10.2 Å². The molecule has 2 aromatic carbocycles. The van der Waals surface area contributed by atoms with Crippen molar-refractivity contribution in [3.63, 3.8) is 0 Å². The van der Waals surface area contributed by atoms with Crippen molar-refractivity contribution in [1.82, 2.24) is 29.2 Å². The van der Waals surface area contributed by atoms with Gasteiger partial charge in [-0.25, -0.2) is 14.6 Å². The van der Waals surface area contributed by atoms with Crippen LogP contribution in [0.3, 0.4) is 0 Å². The van der Waals surface area contributed by atoms with Gasteiger partial charge in [-0.1, -0.05) is 42.5 Å².